The molecule has 0 aliphatic heterocycles. The molecule has 0 N–H and O–H groups in total. The number of carbonyl (C=O) groups is 3. The molecule has 0 aromatic carbocycles. The molecule has 0 aromatic rings. The second kappa shape index (κ2) is 54.9. The molecular weight excluding hydrogens is 923 g/mol. The number of rotatable bonds is 52. The first kappa shape index (κ1) is 69.7. The number of likely N-dealkylation sites (N-methyl/N-ethyl adjacent to an activating group) is 1. The Kier molecular flexibility index (Phi) is 51.7. The van der Waals surface area contributed by atoms with Gasteiger partial charge >= 0.3 is 11.9 Å². The molecular formula is C65H107NO8. The predicted molar refractivity (Wildman–Crippen MR) is 310 cm³/mol. The summed E-state index contributed by atoms with van der Waals surface area (Å²) >= 11 is 0. The summed E-state index contributed by atoms with van der Waals surface area (Å²) in [7, 11) is 5.90. The van der Waals surface area contributed by atoms with Gasteiger partial charge in [0.1, 0.15) is 13.2 Å². The van der Waals surface area contributed by atoms with Crippen molar-refractivity contribution in [3.8, 4) is 0 Å². The summed E-state index contributed by atoms with van der Waals surface area (Å²) < 4.78 is 22.5. The van der Waals surface area contributed by atoms with Crippen molar-refractivity contribution in [2.75, 3.05) is 47.5 Å². The molecule has 2 atom stereocenters. The molecule has 0 bridgehead atoms. The van der Waals surface area contributed by atoms with Gasteiger partial charge in [0.05, 0.1) is 40.3 Å². The number of ether oxygens (including phenoxy) is 4. The Bertz CT molecular complexity index is 1620. The van der Waals surface area contributed by atoms with E-state index in [4.69, 9.17) is 18.9 Å². The van der Waals surface area contributed by atoms with Crippen LogP contribution < -0.4 is 5.11 Å². The summed E-state index contributed by atoms with van der Waals surface area (Å²) in [5, 5.41) is 11.7. The highest BCUT2D eigenvalue weighted by atomic mass is 16.7. The summed E-state index contributed by atoms with van der Waals surface area (Å²) in [6.45, 7) is 4.57. The van der Waals surface area contributed by atoms with Gasteiger partial charge in [-0.05, 0) is 89.9 Å². The highest BCUT2D eigenvalue weighted by molar-refractivity contribution is 5.70. The molecule has 420 valence electrons. The molecule has 0 radical (unpaired) electrons. The van der Waals surface area contributed by atoms with Crippen LogP contribution in [0.4, 0.5) is 0 Å². The fourth-order valence-electron chi connectivity index (χ4n) is 7.50. The summed E-state index contributed by atoms with van der Waals surface area (Å²) in [5.41, 5.74) is 0. The monoisotopic (exact) mass is 1030 g/mol. The van der Waals surface area contributed by atoms with Crippen molar-refractivity contribution in [2.45, 2.75) is 225 Å². The highest BCUT2D eigenvalue weighted by Gasteiger charge is 2.22. The topological polar surface area (TPSA) is 111 Å². The van der Waals surface area contributed by atoms with Crippen LogP contribution in [0.1, 0.15) is 213 Å². The molecule has 0 saturated heterocycles. The normalized spacial score (nSPS) is 13.7. The predicted octanol–water partition coefficient (Wildman–Crippen LogP) is 16.0. The maximum Gasteiger partial charge on any atom is 0.306 e. The van der Waals surface area contributed by atoms with Gasteiger partial charge in [-0.15, -0.1) is 0 Å². The minimum atomic E-state index is -1.62. The molecule has 2 unspecified atom stereocenters. The largest absolute Gasteiger partial charge is 0.545 e. The smallest absolute Gasteiger partial charge is 0.306 e. The van der Waals surface area contributed by atoms with Crippen LogP contribution in [0.5, 0.6) is 0 Å². The quantitative estimate of drug-likeness (QED) is 0.0195. The van der Waals surface area contributed by atoms with E-state index >= 15 is 0 Å². The van der Waals surface area contributed by atoms with E-state index in [2.05, 4.69) is 135 Å². The first-order chi connectivity index (χ1) is 36.1. The van der Waals surface area contributed by atoms with E-state index < -0.39 is 24.3 Å². The van der Waals surface area contributed by atoms with E-state index in [9.17, 15) is 19.5 Å². The lowest BCUT2D eigenvalue weighted by molar-refractivity contribution is -0.870. The lowest BCUT2D eigenvalue weighted by atomic mass is 10.0. The standard InChI is InChI=1S/C65H107NO8/c1-6-8-10-12-14-16-17-18-19-20-21-22-23-24-25-26-27-28-29-30-31-32-33-34-35-36-37-38-39-40-41-42-43-44-45-46-47-48-50-52-54-56-63(68)74-61(60-73-65(64(69)70)71-58-57-66(3,4)5)59-72-62(67)55-53-51-49-15-13-11-9-7-2/h8,10,14,16,18-19,21-22,24-25,27-28,30-31,33-34,36-37,39-40,61,65H,6-7,9,11-13,15,17,20,23,26,29,32,35,38,41-60H2,1-5H3/b10-8-,16-14-,19-18-,22-21-,25-24-,28-27-,31-30-,34-33-,37-36-,40-39-. The number of carboxylic acid groups (broad SMARTS) is 1. The maximum atomic E-state index is 12.8. The molecule has 74 heavy (non-hydrogen) atoms. The van der Waals surface area contributed by atoms with Crippen molar-refractivity contribution in [1.82, 2.24) is 0 Å². The third-order valence-corrected chi connectivity index (χ3v) is 12.0. The van der Waals surface area contributed by atoms with Crippen LogP contribution in [0.15, 0.2) is 122 Å². The number of allylic oxidation sites excluding steroid dienone is 20. The molecule has 0 rings (SSSR count). The van der Waals surface area contributed by atoms with Crippen molar-refractivity contribution in [2.24, 2.45) is 0 Å². The third-order valence-electron chi connectivity index (χ3n) is 12.0. The van der Waals surface area contributed by atoms with Gasteiger partial charge in [-0.25, -0.2) is 0 Å². The zero-order valence-electron chi connectivity index (χ0n) is 47.7. The van der Waals surface area contributed by atoms with Crippen LogP contribution in [0.2, 0.25) is 0 Å². The van der Waals surface area contributed by atoms with Gasteiger partial charge < -0.3 is 33.3 Å². The lowest BCUT2D eigenvalue weighted by Gasteiger charge is -2.26. The second-order valence-electron chi connectivity index (χ2n) is 20.2. The van der Waals surface area contributed by atoms with E-state index in [1.165, 1.54) is 70.6 Å². The van der Waals surface area contributed by atoms with Crippen LogP contribution in [0.3, 0.4) is 0 Å². The van der Waals surface area contributed by atoms with Crippen molar-refractivity contribution in [3.05, 3.63) is 122 Å². The minimum Gasteiger partial charge on any atom is -0.545 e. The van der Waals surface area contributed by atoms with Crippen LogP contribution in [0, 0.1) is 0 Å². The number of carbonyl (C=O) groups excluding carboxylic acids is 3. The molecule has 0 spiro atoms. The Morgan fingerprint density at radius 1 is 0.419 bits per heavy atom. The van der Waals surface area contributed by atoms with Gasteiger partial charge in [0.15, 0.2) is 12.4 Å². The number of hydrogen-bond acceptors (Lipinski definition) is 8. The molecule has 0 amide bonds. The molecule has 0 saturated carbocycles. The van der Waals surface area contributed by atoms with E-state index in [1.54, 1.807) is 0 Å². The fourth-order valence-corrected chi connectivity index (χ4v) is 7.50. The average molecular weight is 1030 g/mol. The number of aliphatic carboxylic acids is 1. The van der Waals surface area contributed by atoms with Crippen LogP contribution >= 0.6 is 0 Å². The van der Waals surface area contributed by atoms with Crippen molar-refractivity contribution in [1.29, 1.82) is 0 Å². The summed E-state index contributed by atoms with van der Waals surface area (Å²) in [6.07, 6.45) is 74.2. The maximum absolute atomic E-state index is 12.8. The van der Waals surface area contributed by atoms with Gasteiger partial charge in [0.2, 0.25) is 0 Å². The molecule has 0 heterocycles. The molecule has 0 aromatic heterocycles. The Hall–Kier alpha value is -4.31. The molecule has 0 aliphatic rings. The Morgan fingerprint density at radius 3 is 1.15 bits per heavy atom. The molecule has 0 aliphatic carbocycles. The number of nitrogens with zero attached hydrogens (tertiary/aromatic N) is 1. The first-order valence-corrected chi connectivity index (χ1v) is 29.2. The van der Waals surface area contributed by atoms with Crippen molar-refractivity contribution in [3.63, 3.8) is 0 Å². The van der Waals surface area contributed by atoms with Crippen LogP contribution in [-0.4, -0.2) is 82.3 Å². The lowest BCUT2D eigenvalue weighted by Crippen LogP contribution is -2.44. The number of hydrogen-bond donors (Lipinski definition) is 0. The molecule has 0 fully saturated rings. The SMILES string of the molecule is CC/C=C\C/C=C\C/C=C\C/C=C\C/C=C\C/C=C\C/C=C\C/C=C\C/C=C\C/C=C\CCCCCCCCCCCCC(=O)OC(COC(=O)CCCCCCCCCC)COC(OCC[N+](C)(C)C)C(=O)[O-]. The molecule has 9 heteroatoms. The number of unbranched alkanes of at least 4 members (excludes halogenated alkanes) is 17. The van der Waals surface area contributed by atoms with Gasteiger partial charge in [-0.2, -0.15) is 0 Å². The van der Waals surface area contributed by atoms with Crippen LogP contribution in [0.25, 0.3) is 0 Å². The summed E-state index contributed by atoms with van der Waals surface area (Å²) in [4.78, 5) is 37.0. The minimum absolute atomic E-state index is 0.143. The van der Waals surface area contributed by atoms with Crippen molar-refractivity contribution < 1.29 is 42.9 Å². The van der Waals surface area contributed by atoms with Crippen molar-refractivity contribution >= 4 is 17.9 Å². The Balaban J connectivity index is 4.05. The van der Waals surface area contributed by atoms with E-state index in [0.717, 1.165) is 109 Å². The van der Waals surface area contributed by atoms with Gasteiger partial charge in [-0.3, -0.25) is 9.59 Å². The Morgan fingerprint density at radius 2 is 0.770 bits per heavy atom. The third kappa shape index (κ3) is 55.4. The average Bonchev–Trinajstić information content (AvgIpc) is 3.37. The number of carboxylic acids is 1. The van der Waals surface area contributed by atoms with Gasteiger partial charge in [0, 0.05) is 12.8 Å². The summed E-state index contributed by atoms with van der Waals surface area (Å²) in [5.74, 6) is -2.30. The highest BCUT2D eigenvalue weighted by Crippen LogP contribution is 2.14. The van der Waals surface area contributed by atoms with E-state index in [1.807, 2.05) is 21.1 Å². The zero-order valence-corrected chi connectivity index (χ0v) is 47.7. The fraction of sp³-hybridized carbons (Fsp3) is 0.646. The van der Waals surface area contributed by atoms with Crippen LogP contribution in [-0.2, 0) is 33.3 Å². The van der Waals surface area contributed by atoms with E-state index in [0.29, 0.717) is 17.4 Å². The second-order valence-corrected chi connectivity index (χ2v) is 20.2. The Labute approximate surface area is 453 Å². The summed E-state index contributed by atoms with van der Waals surface area (Å²) in [6, 6.07) is 0. The number of quaternary nitrogens is 1. The van der Waals surface area contributed by atoms with Gasteiger partial charge in [-0.1, -0.05) is 232 Å². The van der Waals surface area contributed by atoms with E-state index in [-0.39, 0.29) is 38.6 Å². The number of esters is 2. The zero-order chi connectivity index (χ0) is 54.1. The van der Waals surface area contributed by atoms with Gasteiger partial charge in [0.25, 0.3) is 0 Å². The first-order valence-electron chi connectivity index (χ1n) is 29.2. The molecule has 9 nitrogen and oxygen atoms in total.